The second-order valence-electron chi connectivity index (χ2n) is 5.28. The van der Waals surface area contributed by atoms with Gasteiger partial charge in [0.2, 0.25) is 0 Å². The summed E-state index contributed by atoms with van der Waals surface area (Å²) in [5.41, 5.74) is 0.264. The van der Waals surface area contributed by atoms with Crippen molar-refractivity contribution >= 4 is 0 Å². The van der Waals surface area contributed by atoms with E-state index in [0.29, 0.717) is 0 Å². The quantitative estimate of drug-likeness (QED) is 0.646. The van der Waals surface area contributed by atoms with E-state index in [4.69, 9.17) is 4.74 Å². The van der Waals surface area contributed by atoms with Crippen molar-refractivity contribution in [2.24, 2.45) is 11.8 Å². The number of rotatable bonds is 2. The molecule has 76 valence electrons. The molecule has 2 rings (SSSR count). The van der Waals surface area contributed by atoms with Gasteiger partial charge < -0.3 is 4.74 Å². The minimum atomic E-state index is 0.264. The zero-order chi connectivity index (χ0) is 9.47. The summed E-state index contributed by atoms with van der Waals surface area (Å²) >= 11 is 0. The van der Waals surface area contributed by atoms with Crippen LogP contribution in [0.2, 0.25) is 0 Å². The van der Waals surface area contributed by atoms with Gasteiger partial charge in [0.05, 0.1) is 13.2 Å². The van der Waals surface area contributed by atoms with Crippen LogP contribution in [0.25, 0.3) is 0 Å². The zero-order valence-electron chi connectivity index (χ0n) is 9.05. The Morgan fingerprint density at radius 3 is 2.69 bits per heavy atom. The van der Waals surface area contributed by atoms with Gasteiger partial charge in [-0.1, -0.05) is 6.92 Å². The van der Waals surface area contributed by atoms with Gasteiger partial charge in [0.25, 0.3) is 0 Å². The lowest BCUT2D eigenvalue weighted by Gasteiger charge is -2.42. The van der Waals surface area contributed by atoms with Crippen molar-refractivity contribution in [3.63, 3.8) is 0 Å². The maximum atomic E-state index is 5.50. The zero-order valence-corrected chi connectivity index (χ0v) is 9.05. The van der Waals surface area contributed by atoms with E-state index >= 15 is 0 Å². The summed E-state index contributed by atoms with van der Waals surface area (Å²) in [7, 11) is 0. The maximum absolute atomic E-state index is 5.50. The van der Waals surface area contributed by atoms with E-state index in [0.717, 1.165) is 31.6 Å². The average molecular weight is 183 g/mol. The maximum Gasteiger partial charge on any atom is 0.0645 e. The molecule has 2 heteroatoms. The van der Waals surface area contributed by atoms with E-state index in [1.165, 1.54) is 13.0 Å². The molecule has 2 fully saturated rings. The minimum absolute atomic E-state index is 0.264. The molecule has 2 atom stereocenters. The van der Waals surface area contributed by atoms with Crippen LogP contribution in [-0.2, 0) is 4.74 Å². The third-order valence-corrected chi connectivity index (χ3v) is 3.55. The molecular formula is C11H21NO. The van der Waals surface area contributed by atoms with Crippen molar-refractivity contribution in [2.45, 2.75) is 32.7 Å². The van der Waals surface area contributed by atoms with Crippen LogP contribution in [0.15, 0.2) is 0 Å². The minimum Gasteiger partial charge on any atom is -0.378 e. The monoisotopic (exact) mass is 183 g/mol. The number of nitrogens with zero attached hydrogens (tertiary/aromatic N) is 1. The molecule has 0 aromatic heterocycles. The van der Waals surface area contributed by atoms with Gasteiger partial charge in [-0.2, -0.15) is 0 Å². The predicted octanol–water partition coefficient (Wildman–Crippen LogP) is 1.75. The summed E-state index contributed by atoms with van der Waals surface area (Å²) in [4.78, 5) is 2.60. The van der Waals surface area contributed by atoms with E-state index < -0.39 is 0 Å². The Labute approximate surface area is 81.3 Å². The van der Waals surface area contributed by atoms with Crippen molar-refractivity contribution in [1.29, 1.82) is 0 Å². The lowest BCUT2D eigenvalue weighted by atomic mass is 10.0. The summed E-state index contributed by atoms with van der Waals surface area (Å²) < 4.78 is 5.50. The highest BCUT2D eigenvalue weighted by Gasteiger charge is 2.38. The van der Waals surface area contributed by atoms with Crippen molar-refractivity contribution in [2.75, 3.05) is 26.3 Å². The fourth-order valence-electron chi connectivity index (χ4n) is 2.17. The summed E-state index contributed by atoms with van der Waals surface area (Å²) in [6.45, 7) is 11.2. The normalized spacial score (nSPS) is 39.0. The van der Waals surface area contributed by atoms with Gasteiger partial charge >= 0.3 is 0 Å². The van der Waals surface area contributed by atoms with Crippen LogP contribution in [0.5, 0.6) is 0 Å². The van der Waals surface area contributed by atoms with Crippen molar-refractivity contribution in [1.82, 2.24) is 4.90 Å². The van der Waals surface area contributed by atoms with Gasteiger partial charge in [0.15, 0.2) is 0 Å². The first-order valence-corrected chi connectivity index (χ1v) is 5.42. The summed E-state index contributed by atoms with van der Waals surface area (Å²) in [5, 5.41) is 0. The highest BCUT2D eigenvalue weighted by molar-refractivity contribution is 4.91. The first-order chi connectivity index (χ1) is 6.09. The molecular weight excluding hydrogens is 162 g/mol. The first kappa shape index (κ1) is 9.47. The van der Waals surface area contributed by atoms with Crippen molar-refractivity contribution < 1.29 is 4.74 Å². The highest BCUT2D eigenvalue weighted by Crippen LogP contribution is 2.39. The standard InChI is InChI=1S/C11H21NO/c1-9-6-10(9)7-12-4-5-13-8-11(12,2)3/h9-10H,4-8H2,1-3H3. The molecule has 0 N–H and O–H groups in total. The van der Waals surface area contributed by atoms with E-state index in [-0.39, 0.29) is 5.54 Å². The topological polar surface area (TPSA) is 12.5 Å². The Hall–Kier alpha value is -0.0800. The van der Waals surface area contributed by atoms with Crippen molar-refractivity contribution in [3.8, 4) is 0 Å². The van der Waals surface area contributed by atoms with Gasteiger partial charge in [-0.25, -0.2) is 0 Å². The molecule has 1 heterocycles. The molecule has 0 aromatic carbocycles. The van der Waals surface area contributed by atoms with E-state index in [2.05, 4.69) is 25.7 Å². The molecule has 0 spiro atoms. The molecule has 2 aliphatic rings. The molecule has 2 nitrogen and oxygen atoms in total. The Bertz CT molecular complexity index is 191. The Morgan fingerprint density at radius 1 is 1.46 bits per heavy atom. The second-order valence-corrected chi connectivity index (χ2v) is 5.28. The molecule has 0 aromatic rings. The molecule has 1 aliphatic heterocycles. The highest BCUT2D eigenvalue weighted by atomic mass is 16.5. The van der Waals surface area contributed by atoms with Gasteiger partial charge in [-0.3, -0.25) is 4.90 Å². The molecule has 13 heavy (non-hydrogen) atoms. The largest absolute Gasteiger partial charge is 0.378 e. The number of morpholine rings is 1. The van der Waals surface area contributed by atoms with Gasteiger partial charge in [-0.15, -0.1) is 0 Å². The van der Waals surface area contributed by atoms with Crippen LogP contribution in [-0.4, -0.2) is 36.7 Å². The first-order valence-electron chi connectivity index (χ1n) is 5.42. The predicted molar refractivity (Wildman–Crippen MR) is 53.7 cm³/mol. The van der Waals surface area contributed by atoms with Crippen LogP contribution >= 0.6 is 0 Å². The molecule has 0 bridgehead atoms. The number of hydrogen-bond acceptors (Lipinski definition) is 2. The van der Waals surface area contributed by atoms with E-state index in [1.807, 2.05) is 0 Å². The molecule has 0 radical (unpaired) electrons. The molecule has 1 aliphatic carbocycles. The summed E-state index contributed by atoms with van der Waals surface area (Å²) in [5.74, 6) is 1.94. The number of ether oxygens (including phenoxy) is 1. The van der Waals surface area contributed by atoms with Crippen molar-refractivity contribution in [3.05, 3.63) is 0 Å². The van der Waals surface area contributed by atoms with E-state index in [9.17, 15) is 0 Å². The summed E-state index contributed by atoms with van der Waals surface area (Å²) in [6.07, 6.45) is 1.44. The second kappa shape index (κ2) is 3.25. The molecule has 2 unspecified atom stereocenters. The smallest absolute Gasteiger partial charge is 0.0645 e. The molecule has 1 saturated heterocycles. The van der Waals surface area contributed by atoms with Gasteiger partial charge in [0, 0.05) is 18.6 Å². The Morgan fingerprint density at radius 2 is 2.15 bits per heavy atom. The van der Waals surface area contributed by atoms with Crippen LogP contribution in [0, 0.1) is 11.8 Å². The lowest BCUT2D eigenvalue weighted by molar-refractivity contribution is -0.0532. The van der Waals surface area contributed by atoms with Gasteiger partial charge in [0.1, 0.15) is 0 Å². The molecule has 0 amide bonds. The van der Waals surface area contributed by atoms with Crippen LogP contribution in [0.3, 0.4) is 0 Å². The Balaban J connectivity index is 1.88. The van der Waals surface area contributed by atoms with Crippen LogP contribution < -0.4 is 0 Å². The molecule has 1 saturated carbocycles. The Kier molecular flexibility index (Phi) is 2.37. The summed E-state index contributed by atoms with van der Waals surface area (Å²) in [6, 6.07) is 0. The fraction of sp³-hybridized carbons (Fsp3) is 1.00. The SMILES string of the molecule is CC1CC1CN1CCOCC1(C)C. The van der Waals surface area contributed by atoms with Gasteiger partial charge in [-0.05, 0) is 32.1 Å². The fourth-order valence-corrected chi connectivity index (χ4v) is 2.17. The third kappa shape index (κ3) is 2.05. The van der Waals surface area contributed by atoms with Crippen LogP contribution in [0.4, 0.5) is 0 Å². The number of hydrogen-bond donors (Lipinski definition) is 0. The lowest BCUT2D eigenvalue weighted by Crippen LogP contribution is -2.53. The average Bonchev–Trinajstić information content (AvgIpc) is 2.71. The van der Waals surface area contributed by atoms with E-state index in [1.54, 1.807) is 0 Å². The third-order valence-electron chi connectivity index (χ3n) is 3.55. The van der Waals surface area contributed by atoms with Crippen LogP contribution in [0.1, 0.15) is 27.2 Å².